The minimum absolute atomic E-state index is 0.335. The highest BCUT2D eigenvalue weighted by Crippen LogP contribution is 2.48. The molecule has 7 rings (SSSR count). The maximum Gasteiger partial charge on any atom is 0.419 e. The first-order chi connectivity index (χ1) is 20.6. The first kappa shape index (κ1) is 27.8. The number of hydrogen-bond acceptors (Lipinski definition) is 9. The molecule has 1 saturated carbocycles. The lowest BCUT2D eigenvalue weighted by atomic mass is 9.68. The third-order valence-corrected chi connectivity index (χ3v) is 9.25. The summed E-state index contributed by atoms with van der Waals surface area (Å²) in [6, 6.07) is 12.5. The number of carbonyl (C=O) groups excluding carboxylic acids is 1. The van der Waals surface area contributed by atoms with E-state index in [4.69, 9.17) is 15.9 Å². The van der Waals surface area contributed by atoms with E-state index in [2.05, 4.69) is 51.1 Å². The van der Waals surface area contributed by atoms with E-state index in [1.54, 1.807) is 4.57 Å². The van der Waals surface area contributed by atoms with Crippen molar-refractivity contribution in [3.8, 4) is 0 Å². The summed E-state index contributed by atoms with van der Waals surface area (Å²) in [5.74, 6) is 0. The Morgan fingerprint density at radius 3 is 2.58 bits per heavy atom. The number of likely N-dealkylation sites (tertiary alicyclic amines) is 1. The number of rotatable bonds is 7. The van der Waals surface area contributed by atoms with Crippen molar-refractivity contribution in [3.63, 3.8) is 0 Å². The summed E-state index contributed by atoms with van der Waals surface area (Å²) in [6.07, 6.45) is 8.24. The molecule has 0 amide bonds. The molecule has 0 bridgehead atoms. The number of hydrazine groups is 2. The Morgan fingerprint density at radius 2 is 1.91 bits per heavy atom. The molecule has 226 valence electrons. The Balaban J connectivity index is 1.16. The molecule has 1 aromatic heterocycles. The van der Waals surface area contributed by atoms with Gasteiger partial charge in [0.15, 0.2) is 0 Å². The van der Waals surface area contributed by atoms with Crippen LogP contribution in [0.15, 0.2) is 42.6 Å². The van der Waals surface area contributed by atoms with Crippen LogP contribution in [0.1, 0.15) is 68.8 Å². The van der Waals surface area contributed by atoms with Crippen molar-refractivity contribution in [1.29, 1.82) is 5.41 Å². The zero-order chi connectivity index (χ0) is 29.9. The van der Waals surface area contributed by atoms with Crippen LogP contribution in [0.3, 0.4) is 0 Å². The van der Waals surface area contributed by atoms with Gasteiger partial charge in [0.25, 0.3) is 0 Å². The Hall–Kier alpha value is -4.02. The summed E-state index contributed by atoms with van der Waals surface area (Å²) in [4.78, 5) is 18.3. The van der Waals surface area contributed by atoms with E-state index < -0.39 is 5.60 Å². The second-order valence-corrected chi connectivity index (χ2v) is 13.7. The lowest BCUT2D eigenvalue weighted by Gasteiger charge is -2.38. The second kappa shape index (κ2) is 10.3. The summed E-state index contributed by atoms with van der Waals surface area (Å²) < 4.78 is 7.68. The van der Waals surface area contributed by atoms with Crippen LogP contribution in [-0.2, 0) is 17.8 Å². The third kappa shape index (κ3) is 5.45. The van der Waals surface area contributed by atoms with Crippen LogP contribution in [-0.4, -0.2) is 58.6 Å². The standard InChI is InChI=1S/C33H42N8O2/c1-32(2,3)43-31(42)41-25(19-38-10-9-33(21-38)7-4-8-33)14-23-6-5-22(13-30(23)41)18-40-20-29(36-37-40)26-15-24(39-11-12-39)16-28(35)27(26)17-34/h5-6,13-17,20,34,36-37H,4,7-12,18-19,21,35H2,1-3H3. The molecule has 3 fully saturated rings. The molecular formula is C33H42N8O2. The van der Waals surface area contributed by atoms with Gasteiger partial charge in [-0.1, -0.05) is 18.6 Å². The van der Waals surface area contributed by atoms with E-state index >= 15 is 0 Å². The fraction of sp³-hybridized carbons (Fsp3) is 0.455. The minimum Gasteiger partial charge on any atom is -0.443 e. The molecule has 10 nitrogen and oxygen atoms in total. The smallest absolute Gasteiger partial charge is 0.419 e. The van der Waals surface area contributed by atoms with Crippen molar-refractivity contribution >= 4 is 40.3 Å². The number of aromatic nitrogens is 1. The number of hydrogen-bond donors (Lipinski definition) is 4. The lowest BCUT2D eigenvalue weighted by Crippen LogP contribution is -2.35. The van der Waals surface area contributed by atoms with Crippen molar-refractivity contribution < 1.29 is 9.53 Å². The number of nitrogens with zero attached hydrogens (tertiary/aromatic N) is 4. The van der Waals surface area contributed by atoms with Gasteiger partial charge in [0.2, 0.25) is 0 Å². The van der Waals surface area contributed by atoms with E-state index in [9.17, 15) is 4.79 Å². The topological polar surface area (TPSA) is 115 Å². The molecule has 10 heteroatoms. The van der Waals surface area contributed by atoms with Crippen LogP contribution in [0.2, 0.25) is 0 Å². The summed E-state index contributed by atoms with van der Waals surface area (Å²) in [6.45, 7) is 11.3. The number of benzene rings is 2. The van der Waals surface area contributed by atoms with Crippen molar-refractivity contribution in [1.82, 2.24) is 25.4 Å². The van der Waals surface area contributed by atoms with Crippen LogP contribution in [0.4, 0.5) is 16.2 Å². The number of nitrogens with one attached hydrogen (secondary N) is 3. The maximum atomic E-state index is 13.6. The molecule has 3 aliphatic heterocycles. The summed E-state index contributed by atoms with van der Waals surface area (Å²) in [5, 5.41) is 11.0. The third-order valence-electron chi connectivity index (χ3n) is 9.25. The molecular weight excluding hydrogens is 540 g/mol. The molecule has 4 heterocycles. The van der Waals surface area contributed by atoms with Gasteiger partial charge in [-0.3, -0.25) is 9.91 Å². The number of carbonyl (C=O) groups is 1. The number of nitrogen functional groups attached to an aromatic ring is 1. The van der Waals surface area contributed by atoms with Crippen molar-refractivity contribution in [2.75, 3.05) is 36.8 Å². The molecule has 0 atom stereocenters. The average Bonchev–Trinajstić information content (AvgIpc) is 3.35. The van der Waals surface area contributed by atoms with E-state index in [-0.39, 0.29) is 6.09 Å². The van der Waals surface area contributed by atoms with E-state index in [1.165, 1.54) is 31.9 Å². The van der Waals surface area contributed by atoms with Crippen LogP contribution in [0.5, 0.6) is 0 Å². The van der Waals surface area contributed by atoms with Crippen molar-refractivity contribution in [2.45, 2.75) is 65.1 Å². The fourth-order valence-electron chi connectivity index (χ4n) is 6.82. The Morgan fingerprint density at radius 1 is 1.09 bits per heavy atom. The van der Waals surface area contributed by atoms with Gasteiger partial charge in [0.1, 0.15) is 5.60 Å². The van der Waals surface area contributed by atoms with E-state index in [1.807, 2.05) is 38.0 Å². The van der Waals surface area contributed by atoms with Gasteiger partial charge < -0.3 is 26.2 Å². The van der Waals surface area contributed by atoms with Gasteiger partial charge in [-0.15, -0.1) is 5.53 Å². The largest absolute Gasteiger partial charge is 0.443 e. The molecule has 0 unspecified atom stereocenters. The average molecular weight is 583 g/mol. The van der Waals surface area contributed by atoms with Gasteiger partial charge in [0.05, 0.1) is 17.8 Å². The molecule has 4 aliphatic rings. The van der Waals surface area contributed by atoms with Gasteiger partial charge in [-0.05, 0) is 81.8 Å². The first-order valence-electron chi connectivity index (χ1n) is 15.4. The molecule has 3 aromatic rings. The van der Waals surface area contributed by atoms with Gasteiger partial charge >= 0.3 is 6.09 Å². The Bertz CT molecular complexity index is 1630. The summed E-state index contributed by atoms with van der Waals surface area (Å²) >= 11 is 0. The van der Waals surface area contributed by atoms with E-state index in [0.29, 0.717) is 23.2 Å². The molecule has 2 saturated heterocycles. The van der Waals surface area contributed by atoms with Crippen LogP contribution < -0.4 is 21.6 Å². The monoisotopic (exact) mass is 582 g/mol. The van der Waals surface area contributed by atoms with Gasteiger partial charge in [-0.25, -0.2) is 9.36 Å². The number of fused-ring (bicyclic) bond motifs is 1. The number of ether oxygens (including phenoxy) is 1. The van der Waals surface area contributed by atoms with E-state index in [0.717, 1.165) is 71.8 Å². The molecule has 0 radical (unpaired) electrons. The van der Waals surface area contributed by atoms with Crippen LogP contribution in [0, 0.1) is 10.8 Å². The zero-order valence-electron chi connectivity index (χ0n) is 25.4. The van der Waals surface area contributed by atoms with Crippen molar-refractivity contribution in [2.24, 2.45) is 5.41 Å². The van der Waals surface area contributed by atoms with Crippen LogP contribution >= 0.6 is 0 Å². The molecule has 2 aromatic carbocycles. The lowest BCUT2D eigenvalue weighted by molar-refractivity contribution is 0.0536. The molecule has 1 aliphatic carbocycles. The predicted molar refractivity (Wildman–Crippen MR) is 170 cm³/mol. The maximum absolute atomic E-state index is 13.6. The van der Waals surface area contributed by atoms with Crippen molar-refractivity contribution in [3.05, 3.63) is 65.0 Å². The Labute approximate surface area is 252 Å². The SMILES string of the molecule is CC(C)(C)OC(=O)n1c(CN2CCC3(CCC3)C2)cc2ccc(CN3C=C(c4cc(N5CC5)cc(N)c4C=N)NN3)cc21. The van der Waals surface area contributed by atoms with Crippen LogP contribution in [0.25, 0.3) is 16.6 Å². The molecule has 5 N–H and O–H groups in total. The normalized spacial score (nSPS) is 19.5. The minimum atomic E-state index is -0.592. The van der Waals surface area contributed by atoms with Gasteiger partial charge in [-0.2, -0.15) is 0 Å². The highest BCUT2D eigenvalue weighted by atomic mass is 16.6. The number of nitrogens with two attached hydrogens (primary N) is 1. The second-order valence-electron chi connectivity index (χ2n) is 13.7. The fourth-order valence-corrected chi connectivity index (χ4v) is 6.82. The number of anilines is 2. The Kier molecular flexibility index (Phi) is 6.66. The summed E-state index contributed by atoms with van der Waals surface area (Å²) in [7, 11) is 0. The highest BCUT2D eigenvalue weighted by Gasteiger charge is 2.42. The summed E-state index contributed by atoms with van der Waals surface area (Å²) in [5.41, 5.74) is 19.7. The molecule has 1 spiro atoms. The van der Waals surface area contributed by atoms with Gasteiger partial charge in [0, 0.05) is 72.2 Å². The first-order valence-corrected chi connectivity index (χ1v) is 15.4. The quantitative estimate of drug-likeness (QED) is 0.174. The predicted octanol–water partition coefficient (Wildman–Crippen LogP) is 5.02. The highest BCUT2D eigenvalue weighted by molar-refractivity contribution is 5.95. The molecule has 43 heavy (non-hydrogen) atoms. The zero-order valence-corrected chi connectivity index (χ0v) is 25.4.